The number of likely N-dealkylation sites (tertiary alicyclic amines) is 1. The van der Waals surface area contributed by atoms with Crippen LogP contribution in [0.4, 0.5) is 0 Å². The predicted molar refractivity (Wildman–Crippen MR) is 98.7 cm³/mol. The number of aliphatic hydroxyl groups is 1. The number of nitrogens with zero attached hydrogens (tertiary/aromatic N) is 2. The van der Waals surface area contributed by atoms with Gasteiger partial charge in [-0.2, -0.15) is 0 Å². The maximum absolute atomic E-state index is 13.2. The van der Waals surface area contributed by atoms with Gasteiger partial charge < -0.3 is 19.5 Å². The summed E-state index contributed by atoms with van der Waals surface area (Å²) in [6.45, 7) is 2.38. The lowest BCUT2D eigenvalue weighted by Crippen LogP contribution is -2.47. The van der Waals surface area contributed by atoms with Crippen LogP contribution >= 0.6 is 0 Å². The highest BCUT2D eigenvalue weighted by Crippen LogP contribution is 2.33. The molecule has 7 heteroatoms. The third-order valence-corrected chi connectivity index (χ3v) is 5.25. The fourth-order valence-corrected chi connectivity index (χ4v) is 3.73. The van der Waals surface area contributed by atoms with Crippen LogP contribution in [0.15, 0.2) is 35.3 Å². The summed E-state index contributed by atoms with van der Waals surface area (Å²) in [5.41, 5.74) is 1.01. The number of benzene rings is 1. The number of carbonyl (C=O) groups excluding carboxylic acids is 1. The molecule has 2 aromatic rings. The quantitative estimate of drug-likeness (QED) is 0.892. The van der Waals surface area contributed by atoms with Gasteiger partial charge in [-0.25, -0.2) is 0 Å². The fraction of sp³-hybridized carbons (Fsp3) is 0.400. The van der Waals surface area contributed by atoms with E-state index < -0.39 is 0 Å². The number of rotatable bonds is 3. The molecular formula is C20H22N2O5. The number of aliphatic hydroxyl groups excluding tert-OH is 1. The van der Waals surface area contributed by atoms with Crippen molar-refractivity contribution in [3.8, 4) is 17.2 Å². The highest BCUT2D eigenvalue weighted by molar-refractivity contribution is 5.95. The minimum absolute atomic E-state index is 0.0893. The summed E-state index contributed by atoms with van der Waals surface area (Å²) in [4.78, 5) is 27.9. The number of hydrogen-bond donors (Lipinski definition) is 1. The fourth-order valence-electron chi connectivity index (χ4n) is 3.73. The van der Waals surface area contributed by atoms with Gasteiger partial charge >= 0.3 is 0 Å². The summed E-state index contributed by atoms with van der Waals surface area (Å²) in [7, 11) is 0. The Bertz CT molecular complexity index is 936. The molecule has 1 aromatic carbocycles. The minimum atomic E-state index is -0.374. The topological polar surface area (TPSA) is 81.0 Å². The molecule has 1 unspecified atom stereocenters. The van der Waals surface area contributed by atoms with Gasteiger partial charge in [0, 0.05) is 18.8 Å². The van der Waals surface area contributed by atoms with Crippen LogP contribution in [-0.4, -0.2) is 46.5 Å². The van der Waals surface area contributed by atoms with E-state index in [9.17, 15) is 14.7 Å². The number of ether oxygens (including phenoxy) is 2. The van der Waals surface area contributed by atoms with Crippen molar-refractivity contribution < 1.29 is 19.4 Å². The average Bonchev–Trinajstić information content (AvgIpc) is 3.15. The molecule has 1 aromatic heterocycles. The second kappa shape index (κ2) is 7.08. The Kier molecular flexibility index (Phi) is 4.61. The lowest BCUT2D eigenvalue weighted by Gasteiger charge is -2.34. The number of amides is 1. The zero-order valence-electron chi connectivity index (χ0n) is 15.2. The van der Waals surface area contributed by atoms with Gasteiger partial charge in [-0.3, -0.25) is 14.2 Å². The van der Waals surface area contributed by atoms with Crippen LogP contribution < -0.4 is 15.0 Å². The number of fused-ring (bicyclic) bond motifs is 1. The van der Waals surface area contributed by atoms with Gasteiger partial charge in [0.25, 0.3) is 11.5 Å². The molecular weight excluding hydrogens is 348 g/mol. The third-order valence-electron chi connectivity index (χ3n) is 5.25. The van der Waals surface area contributed by atoms with Crippen molar-refractivity contribution in [3.63, 3.8) is 0 Å². The van der Waals surface area contributed by atoms with Crippen LogP contribution in [0, 0.1) is 6.92 Å². The van der Waals surface area contributed by atoms with Crippen molar-refractivity contribution in [2.75, 3.05) is 19.9 Å². The Hall–Kier alpha value is -2.80. The maximum atomic E-state index is 13.2. The summed E-state index contributed by atoms with van der Waals surface area (Å²) in [5, 5.41) is 9.62. The zero-order valence-corrected chi connectivity index (χ0v) is 15.2. The van der Waals surface area contributed by atoms with E-state index in [1.54, 1.807) is 42.3 Å². The number of carbonyl (C=O) groups is 1. The van der Waals surface area contributed by atoms with Gasteiger partial charge in [0.15, 0.2) is 11.5 Å². The molecule has 2 aliphatic heterocycles. The summed E-state index contributed by atoms with van der Waals surface area (Å²) in [6.07, 6.45) is 4.27. The van der Waals surface area contributed by atoms with Gasteiger partial charge in [0.1, 0.15) is 5.56 Å². The highest BCUT2D eigenvalue weighted by atomic mass is 16.7. The van der Waals surface area contributed by atoms with Crippen molar-refractivity contribution in [2.45, 2.75) is 32.2 Å². The zero-order chi connectivity index (χ0) is 19.0. The van der Waals surface area contributed by atoms with Gasteiger partial charge in [0.05, 0.1) is 18.3 Å². The van der Waals surface area contributed by atoms with Gasteiger partial charge in [-0.15, -0.1) is 0 Å². The van der Waals surface area contributed by atoms with Gasteiger partial charge in [-0.1, -0.05) is 0 Å². The number of pyridine rings is 1. The SMILES string of the molecule is Cc1ccn(-c2ccc3c(c2)OCO3)c(=O)c1C(=O)N1CCCCC1CO. The van der Waals surface area contributed by atoms with E-state index in [1.807, 2.05) is 0 Å². The van der Waals surface area contributed by atoms with Crippen LogP contribution in [-0.2, 0) is 0 Å². The van der Waals surface area contributed by atoms with E-state index >= 15 is 0 Å². The van der Waals surface area contributed by atoms with Gasteiger partial charge in [-0.05, 0) is 49.9 Å². The number of piperidine rings is 1. The van der Waals surface area contributed by atoms with Crippen LogP contribution in [0.25, 0.3) is 5.69 Å². The van der Waals surface area contributed by atoms with Crippen molar-refractivity contribution >= 4 is 5.91 Å². The number of aromatic nitrogens is 1. The van der Waals surface area contributed by atoms with Crippen LogP contribution in [0.5, 0.6) is 11.5 Å². The molecule has 4 rings (SSSR count). The molecule has 0 radical (unpaired) electrons. The third kappa shape index (κ3) is 3.08. The molecule has 1 amide bonds. The monoisotopic (exact) mass is 370 g/mol. The molecule has 1 fully saturated rings. The minimum Gasteiger partial charge on any atom is -0.454 e. The molecule has 7 nitrogen and oxygen atoms in total. The smallest absolute Gasteiger partial charge is 0.268 e. The van der Waals surface area contributed by atoms with Crippen LogP contribution in [0.3, 0.4) is 0 Å². The Morgan fingerprint density at radius 3 is 2.85 bits per heavy atom. The van der Waals surface area contributed by atoms with E-state index in [2.05, 4.69) is 0 Å². The van der Waals surface area contributed by atoms with E-state index in [0.29, 0.717) is 29.3 Å². The molecule has 0 bridgehead atoms. The first-order valence-electron chi connectivity index (χ1n) is 9.14. The lowest BCUT2D eigenvalue weighted by molar-refractivity contribution is 0.0500. The predicted octanol–water partition coefficient (Wildman–Crippen LogP) is 1.86. The normalized spacial score (nSPS) is 18.6. The molecule has 1 saturated heterocycles. The maximum Gasteiger partial charge on any atom is 0.268 e. The van der Waals surface area contributed by atoms with E-state index in [-0.39, 0.29) is 36.5 Å². The Morgan fingerprint density at radius 2 is 2.04 bits per heavy atom. The number of hydrogen-bond acceptors (Lipinski definition) is 5. The van der Waals surface area contributed by atoms with Crippen LogP contribution in [0.2, 0.25) is 0 Å². The summed E-state index contributed by atoms with van der Waals surface area (Å²) in [6, 6.07) is 6.76. The first-order valence-corrected chi connectivity index (χ1v) is 9.14. The average molecular weight is 370 g/mol. The van der Waals surface area contributed by atoms with E-state index in [1.165, 1.54) is 4.57 Å². The molecule has 1 atom stereocenters. The van der Waals surface area contributed by atoms with Crippen molar-refractivity contribution in [1.29, 1.82) is 0 Å². The van der Waals surface area contributed by atoms with Gasteiger partial charge in [0.2, 0.25) is 6.79 Å². The van der Waals surface area contributed by atoms with Crippen LogP contribution in [0.1, 0.15) is 35.2 Å². The van der Waals surface area contributed by atoms with E-state index in [0.717, 1.165) is 19.3 Å². The highest BCUT2D eigenvalue weighted by Gasteiger charge is 2.30. The second-order valence-electron chi connectivity index (χ2n) is 6.92. The molecule has 3 heterocycles. The molecule has 1 N–H and O–H groups in total. The molecule has 0 saturated carbocycles. The Balaban J connectivity index is 1.75. The molecule has 27 heavy (non-hydrogen) atoms. The first-order chi connectivity index (χ1) is 13.1. The van der Waals surface area contributed by atoms with Crippen molar-refractivity contribution in [2.24, 2.45) is 0 Å². The van der Waals surface area contributed by atoms with Crippen molar-refractivity contribution in [1.82, 2.24) is 9.47 Å². The standard InChI is InChI=1S/C20H22N2O5/c1-13-7-9-22(14-5-6-16-17(10-14)27-12-26-16)20(25)18(13)19(24)21-8-3-2-4-15(21)11-23/h5-7,9-10,15,23H,2-4,8,11-12H2,1H3. The molecule has 0 spiro atoms. The molecule has 142 valence electrons. The second-order valence-corrected chi connectivity index (χ2v) is 6.92. The van der Waals surface area contributed by atoms with E-state index in [4.69, 9.17) is 9.47 Å². The largest absolute Gasteiger partial charge is 0.454 e. The van der Waals surface area contributed by atoms with Crippen molar-refractivity contribution in [3.05, 3.63) is 51.9 Å². The molecule has 0 aliphatic carbocycles. The summed E-state index contributed by atoms with van der Waals surface area (Å²) in [5.74, 6) is 0.893. The first kappa shape index (κ1) is 17.6. The Labute approximate surface area is 156 Å². The summed E-state index contributed by atoms with van der Waals surface area (Å²) >= 11 is 0. The number of aryl methyl sites for hydroxylation is 1. The molecule has 2 aliphatic rings. The summed E-state index contributed by atoms with van der Waals surface area (Å²) < 4.78 is 12.1. The Morgan fingerprint density at radius 1 is 1.22 bits per heavy atom. The lowest BCUT2D eigenvalue weighted by atomic mass is 10.0.